The highest BCUT2D eigenvalue weighted by atomic mass is 35.5. The number of anilines is 1. The first-order valence-electron chi connectivity index (χ1n) is 7.18. The van der Waals surface area contributed by atoms with Crippen molar-refractivity contribution in [3.63, 3.8) is 0 Å². The first-order chi connectivity index (χ1) is 9.69. The lowest BCUT2D eigenvalue weighted by Gasteiger charge is -2.19. The maximum absolute atomic E-state index is 6.01. The van der Waals surface area contributed by atoms with E-state index in [1.165, 1.54) is 0 Å². The van der Waals surface area contributed by atoms with Gasteiger partial charge in [-0.05, 0) is 32.1 Å². The number of hydrogen-bond acceptors (Lipinski definition) is 4. The van der Waals surface area contributed by atoms with E-state index < -0.39 is 0 Å². The van der Waals surface area contributed by atoms with E-state index in [0.29, 0.717) is 5.15 Å². The van der Waals surface area contributed by atoms with Gasteiger partial charge >= 0.3 is 0 Å². The van der Waals surface area contributed by atoms with Gasteiger partial charge in [0.1, 0.15) is 10.7 Å². The fraction of sp³-hybridized carbons (Fsp3) is 0.571. The van der Waals surface area contributed by atoms with Crippen LogP contribution in [0.5, 0.6) is 0 Å². The largest absolute Gasteiger partial charge is 0.356 e. The van der Waals surface area contributed by atoms with Crippen LogP contribution in [0, 0.1) is 0 Å². The normalized spacial score (nSPS) is 11.4. The summed E-state index contributed by atoms with van der Waals surface area (Å²) in [5.41, 5.74) is 1.73. The molecule has 0 amide bonds. The molecule has 0 spiro atoms. The van der Waals surface area contributed by atoms with Gasteiger partial charge in [0.25, 0.3) is 0 Å². The van der Waals surface area contributed by atoms with Gasteiger partial charge in [-0.25, -0.2) is 9.97 Å². The zero-order chi connectivity index (χ0) is 14.5. The first-order valence-corrected chi connectivity index (χ1v) is 7.56. The second-order valence-electron chi connectivity index (χ2n) is 4.62. The Morgan fingerprint density at radius 1 is 1.20 bits per heavy atom. The summed E-state index contributed by atoms with van der Waals surface area (Å²) in [5.74, 6) is 0.865. The SMILES string of the molecule is CCNc1nc2ccc(Cl)nc2n1CCN(CC)CC. The smallest absolute Gasteiger partial charge is 0.205 e. The Morgan fingerprint density at radius 3 is 2.60 bits per heavy atom. The molecular weight excluding hydrogens is 274 g/mol. The first kappa shape index (κ1) is 15.1. The van der Waals surface area contributed by atoms with Crippen LogP contribution in [0.4, 0.5) is 5.95 Å². The van der Waals surface area contributed by atoms with Gasteiger partial charge in [-0.3, -0.25) is 4.57 Å². The second kappa shape index (κ2) is 6.90. The van der Waals surface area contributed by atoms with Gasteiger partial charge in [-0.1, -0.05) is 25.4 Å². The van der Waals surface area contributed by atoms with Crippen LogP contribution in [-0.4, -0.2) is 45.6 Å². The molecule has 0 aliphatic rings. The molecule has 0 aromatic carbocycles. The van der Waals surface area contributed by atoms with E-state index in [0.717, 1.165) is 49.8 Å². The molecule has 0 aliphatic heterocycles. The number of pyridine rings is 1. The molecular formula is C14H22ClN5. The van der Waals surface area contributed by atoms with Crippen molar-refractivity contribution in [3.8, 4) is 0 Å². The van der Waals surface area contributed by atoms with Crippen molar-refractivity contribution in [2.75, 3.05) is 31.5 Å². The third-order valence-corrected chi connectivity index (χ3v) is 3.64. The number of likely N-dealkylation sites (N-methyl/N-ethyl adjacent to an activating group) is 1. The van der Waals surface area contributed by atoms with E-state index in [1.807, 2.05) is 6.07 Å². The molecule has 0 saturated carbocycles. The van der Waals surface area contributed by atoms with E-state index in [9.17, 15) is 0 Å². The minimum atomic E-state index is 0.504. The molecule has 20 heavy (non-hydrogen) atoms. The molecule has 0 atom stereocenters. The van der Waals surface area contributed by atoms with E-state index in [2.05, 4.69) is 45.5 Å². The third-order valence-electron chi connectivity index (χ3n) is 3.43. The summed E-state index contributed by atoms with van der Waals surface area (Å²) in [5, 5.41) is 3.80. The predicted octanol–water partition coefficient (Wildman–Crippen LogP) is 2.86. The minimum Gasteiger partial charge on any atom is -0.356 e. The Kier molecular flexibility index (Phi) is 5.20. The average Bonchev–Trinajstić information content (AvgIpc) is 2.78. The molecule has 0 radical (unpaired) electrons. The van der Waals surface area contributed by atoms with Crippen molar-refractivity contribution in [3.05, 3.63) is 17.3 Å². The lowest BCUT2D eigenvalue weighted by atomic mass is 10.4. The van der Waals surface area contributed by atoms with Gasteiger partial charge in [0.15, 0.2) is 5.65 Å². The minimum absolute atomic E-state index is 0.504. The molecule has 0 aliphatic carbocycles. The molecule has 5 nitrogen and oxygen atoms in total. The van der Waals surface area contributed by atoms with Crippen LogP contribution in [0.1, 0.15) is 20.8 Å². The number of halogens is 1. The molecule has 0 saturated heterocycles. The Labute approximate surface area is 125 Å². The summed E-state index contributed by atoms with van der Waals surface area (Å²) in [6.45, 7) is 11.2. The zero-order valence-corrected chi connectivity index (χ0v) is 13.1. The number of fused-ring (bicyclic) bond motifs is 1. The summed E-state index contributed by atoms with van der Waals surface area (Å²) in [6.07, 6.45) is 0. The van der Waals surface area contributed by atoms with E-state index in [1.54, 1.807) is 6.07 Å². The standard InChI is InChI=1S/C14H22ClN5/c1-4-16-14-17-11-7-8-12(15)18-13(11)20(14)10-9-19(5-2)6-3/h7-8H,4-6,9-10H2,1-3H3,(H,16,17). The number of hydrogen-bond donors (Lipinski definition) is 1. The topological polar surface area (TPSA) is 46.0 Å². The quantitative estimate of drug-likeness (QED) is 0.798. The van der Waals surface area contributed by atoms with Crippen molar-refractivity contribution in [1.29, 1.82) is 0 Å². The van der Waals surface area contributed by atoms with E-state index in [-0.39, 0.29) is 0 Å². The lowest BCUT2D eigenvalue weighted by Crippen LogP contribution is -2.27. The maximum atomic E-state index is 6.01. The second-order valence-corrected chi connectivity index (χ2v) is 5.01. The zero-order valence-electron chi connectivity index (χ0n) is 12.4. The van der Waals surface area contributed by atoms with E-state index in [4.69, 9.17) is 11.6 Å². The van der Waals surface area contributed by atoms with Crippen LogP contribution in [-0.2, 0) is 6.54 Å². The van der Waals surface area contributed by atoms with Gasteiger partial charge in [-0.15, -0.1) is 0 Å². The summed E-state index contributed by atoms with van der Waals surface area (Å²) >= 11 is 6.01. The van der Waals surface area contributed by atoms with Crippen LogP contribution in [0.2, 0.25) is 5.15 Å². The molecule has 0 bridgehead atoms. The highest BCUT2D eigenvalue weighted by Crippen LogP contribution is 2.20. The van der Waals surface area contributed by atoms with Crippen LogP contribution < -0.4 is 5.32 Å². The Bertz CT molecular complexity index is 562. The highest BCUT2D eigenvalue weighted by Gasteiger charge is 2.12. The van der Waals surface area contributed by atoms with Crippen LogP contribution in [0.25, 0.3) is 11.2 Å². The monoisotopic (exact) mass is 295 g/mol. The van der Waals surface area contributed by atoms with E-state index >= 15 is 0 Å². The summed E-state index contributed by atoms with van der Waals surface area (Å²) < 4.78 is 2.11. The molecule has 6 heteroatoms. The number of nitrogens with zero attached hydrogens (tertiary/aromatic N) is 4. The Hall–Kier alpha value is -1.33. The number of nitrogens with one attached hydrogen (secondary N) is 1. The molecule has 0 unspecified atom stereocenters. The molecule has 2 rings (SSSR count). The van der Waals surface area contributed by atoms with Crippen LogP contribution in [0.15, 0.2) is 12.1 Å². The summed E-state index contributed by atoms with van der Waals surface area (Å²) in [6, 6.07) is 3.70. The molecule has 2 aromatic heterocycles. The van der Waals surface area contributed by atoms with Crippen LogP contribution in [0.3, 0.4) is 0 Å². The van der Waals surface area contributed by atoms with Gasteiger partial charge in [-0.2, -0.15) is 0 Å². The maximum Gasteiger partial charge on any atom is 0.205 e. The van der Waals surface area contributed by atoms with Gasteiger partial charge in [0.2, 0.25) is 5.95 Å². The average molecular weight is 296 g/mol. The van der Waals surface area contributed by atoms with Gasteiger partial charge in [0.05, 0.1) is 0 Å². The molecule has 0 fully saturated rings. The van der Waals surface area contributed by atoms with Crippen molar-refractivity contribution in [1.82, 2.24) is 19.4 Å². The fourth-order valence-electron chi connectivity index (χ4n) is 2.26. The van der Waals surface area contributed by atoms with Crippen LogP contribution >= 0.6 is 11.6 Å². The highest BCUT2D eigenvalue weighted by molar-refractivity contribution is 6.29. The number of imidazole rings is 1. The Morgan fingerprint density at radius 2 is 1.95 bits per heavy atom. The van der Waals surface area contributed by atoms with Crippen molar-refractivity contribution in [2.24, 2.45) is 0 Å². The van der Waals surface area contributed by atoms with Crippen molar-refractivity contribution in [2.45, 2.75) is 27.3 Å². The molecule has 1 N–H and O–H groups in total. The predicted molar refractivity (Wildman–Crippen MR) is 84.5 cm³/mol. The Balaban J connectivity index is 2.32. The van der Waals surface area contributed by atoms with Crippen molar-refractivity contribution >= 4 is 28.7 Å². The summed E-state index contributed by atoms with van der Waals surface area (Å²) in [4.78, 5) is 11.4. The van der Waals surface area contributed by atoms with Gasteiger partial charge in [0, 0.05) is 19.6 Å². The molecule has 2 heterocycles. The van der Waals surface area contributed by atoms with Crippen molar-refractivity contribution < 1.29 is 0 Å². The third kappa shape index (κ3) is 3.22. The van der Waals surface area contributed by atoms with Gasteiger partial charge < -0.3 is 10.2 Å². The molecule has 2 aromatic rings. The fourth-order valence-corrected chi connectivity index (χ4v) is 2.41. The molecule has 110 valence electrons. The number of rotatable bonds is 7. The summed E-state index contributed by atoms with van der Waals surface area (Å²) in [7, 11) is 0. The number of aromatic nitrogens is 3. The lowest BCUT2D eigenvalue weighted by molar-refractivity contribution is 0.292.